The quantitative estimate of drug-likeness (QED) is 0.123. The molecule has 0 fully saturated rings. The van der Waals surface area contributed by atoms with Gasteiger partial charge in [0.25, 0.3) is 5.91 Å². The zero-order chi connectivity index (χ0) is 32.6. The number of methoxy groups -OCH3 is 1. The van der Waals surface area contributed by atoms with Crippen LogP contribution in [-0.2, 0) is 16.0 Å². The van der Waals surface area contributed by atoms with Crippen LogP contribution in [0.25, 0.3) is 11.3 Å². The number of hydrogen-bond acceptors (Lipinski definition) is 5. The summed E-state index contributed by atoms with van der Waals surface area (Å²) in [6, 6.07) is 17.0. The number of anilines is 1. The van der Waals surface area contributed by atoms with Crippen molar-refractivity contribution in [2.45, 2.75) is 18.6 Å². The number of hydrogen-bond donors (Lipinski definition) is 4. The minimum Gasteiger partial charge on any atom is -0.475 e. The second-order valence-corrected chi connectivity index (χ2v) is 9.50. The average molecular weight is 659 g/mol. The molecule has 0 saturated heterocycles. The fraction of sp³-hybridized carbons (Fsp3) is 0.143. The Balaban J connectivity index is 0.000000676. The number of amides is 2. The number of aliphatic carboxylic acids is 1. The Morgan fingerprint density at radius 3 is 2.18 bits per heavy atom. The van der Waals surface area contributed by atoms with Gasteiger partial charge in [-0.15, -0.1) is 0 Å². The van der Waals surface area contributed by atoms with Gasteiger partial charge in [0.15, 0.2) is 5.82 Å². The molecule has 1 aromatic heterocycles. The van der Waals surface area contributed by atoms with E-state index in [-0.39, 0.29) is 22.4 Å². The molecule has 4 N–H and O–H groups in total. The van der Waals surface area contributed by atoms with Gasteiger partial charge in [0.1, 0.15) is 28.1 Å². The van der Waals surface area contributed by atoms with Crippen molar-refractivity contribution in [3.05, 3.63) is 105 Å². The number of carbonyl (C=O) groups is 3. The van der Waals surface area contributed by atoms with Crippen molar-refractivity contribution in [3.63, 3.8) is 0 Å². The maximum absolute atomic E-state index is 14.5. The van der Waals surface area contributed by atoms with Gasteiger partial charge in [0.2, 0.25) is 0 Å². The van der Waals surface area contributed by atoms with E-state index in [1.807, 2.05) is 30.3 Å². The first-order valence-corrected chi connectivity index (χ1v) is 13.0. The largest absolute Gasteiger partial charge is 0.490 e. The number of carboxylic acids is 1. The van der Waals surface area contributed by atoms with Crippen molar-refractivity contribution in [2.75, 3.05) is 12.4 Å². The summed E-state index contributed by atoms with van der Waals surface area (Å²) in [4.78, 5) is 40.8. The molecule has 9 nitrogen and oxygen atoms in total. The lowest BCUT2D eigenvalue weighted by Gasteiger charge is -2.18. The Bertz CT molecular complexity index is 1630. The molecule has 1 atom stereocenters. The zero-order valence-corrected chi connectivity index (χ0v) is 23.8. The Kier molecular flexibility index (Phi) is 11.3. The summed E-state index contributed by atoms with van der Waals surface area (Å²) < 4.78 is 65.2. The molecule has 44 heavy (non-hydrogen) atoms. The molecule has 2 amide bonds. The molecule has 0 saturated carbocycles. The number of halogens is 7. The molecule has 0 aliphatic carbocycles. The Labute approximate surface area is 256 Å². The summed E-state index contributed by atoms with van der Waals surface area (Å²) in [5.74, 6) is -5.68. The van der Waals surface area contributed by atoms with Gasteiger partial charge in [0.05, 0.1) is 18.2 Å². The van der Waals surface area contributed by atoms with Gasteiger partial charge in [-0.2, -0.15) is 13.2 Å². The minimum absolute atomic E-state index is 0.191. The molecule has 0 aliphatic rings. The number of alkyl halides is 3. The smallest absolute Gasteiger partial charge is 0.475 e. The lowest BCUT2D eigenvalue weighted by molar-refractivity contribution is -0.192. The fourth-order valence-corrected chi connectivity index (χ4v) is 4.04. The Morgan fingerprint density at radius 2 is 1.61 bits per heavy atom. The number of H-pyrrole nitrogens is 1. The molecule has 0 radical (unpaired) electrons. The van der Waals surface area contributed by atoms with Crippen LogP contribution in [0.2, 0.25) is 10.2 Å². The number of nitrogens with zero attached hydrogens (tertiary/aromatic N) is 1. The van der Waals surface area contributed by atoms with Crippen LogP contribution in [-0.4, -0.2) is 46.3 Å². The van der Waals surface area contributed by atoms with Crippen LogP contribution in [0.15, 0.2) is 66.7 Å². The molecule has 3 aromatic carbocycles. The van der Waals surface area contributed by atoms with Crippen molar-refractivity contribution in [3.8, 4) is 11.3 Å². The van der Waals surface area contributed by atoms with Gasteiger partial charge in [-0.25, -0.2) is 23.4 Å². The van der Waals surface area contributed by atoms with Gasteiger partial charge < -0.3 is 20.1 Å². The van der Waals surface area contributed by atoms with E-state index in [0.717, 1.165) is 17.7 Å². The maximum Gasteiger partial charge on any atom is 0.490 e. The second-order valence-electron chi connectivity index (χ2n) is 8.72. The lowest BCUT2D eigenvalue weighted by atomic mass is 10.0. The van der Waals surface area contributed by atoms with Crippen molar-refractivity contribution in [2.24, 2.45) is 0 Å². The molecule has 4 rings (SSSR count). The van der Waals surface area contributed by atoms with Crippen molar-refractivity contribution in [1.82, 2.24) is 15.3 Å². The molecule has 0 bridgehead atoms. The number of benzene rings is 3. The standard InChI is InChI=1S/C26H20Cl2F2N4O3.C2HF3O2/c1-37-26(36)31-16-9-7-15(8-10-16)22-23(28)34-24(33-22)19(13-14-5-3-2-4-6-14)32-25(35)20-18(29)12-11-17(27)21(20)30;3-2(4,5)1(6)7/h2-12,19H,13H2,1H3,(H,31,36)(H,32,35)(H,33,34);(H,6,7)/t19-;/m0./s1. The monoisotopic (exact) mass is 658 g/mol. The van der Waals surface area contributed by atoms with Crippen LogP contribution in [0.3, 0.4) is 0 Å². The van der Waals surface area contributed by atoms with Crippen LogP contribution in [0.5, 0.6) is 0 Å². The van der Waals surface area contributed by atoms with Crippen LogP contribution >= 0.6 is 23.2 Å². The summed E-state index contributed by atoms with van der Waals surface area (Å²) in [6.07, 6.45) is -5.44. The molecule has 0 unspecified atom stereocenters. The highest BCUT2D eigenvalue weighted by atomic mass is 35.5. The molecular formula is C28H21Cl2F5N4O5. The molecule has 232 valence electrons. The molecular weight excluding hydrogens is 638 g/mol. The first kappa shape index (κ1) is 33.8. The van der Waals surface area contributed by atoms with Crippen LogP contribution in [0.4, 0.5) is 32.4 Å². The number of ether oxygens (including phenoxy) is 1. The van der Waals surface area contributed by atoms with Crippen LogP contribution < -0.4 is 10.6 Å². The predicted octanol–water partition coefficient (Wildman–Crippen LogP) is 7.19. The summed E-state index contributed by atoms with van der Waals surface area (Å²) in [6.45, 7) is 0. The van der Waals surface area contributed by atoms with E-state index in [9.17, 15) is 31.5 Å². The summed E-state index contributed by atoms with van der Waals surface area (Å²) in [7, 11) is 1.26. The van der Waals surface area contributed by atoms with E-state index in [4.69, 9.17) is 33.1 Å². The van der Waals surface area contributed by atoms with E-state index in [1.54, 1.807) is 24.3 Å². The normalized spacial score (nSPS) is 11.5. The van der Waals surface area contributed by atoms with Crippen molar-refractivity contribution in [1.29, 1.82) is 0 Å². The van der Waals surface area contributed by atoms with E-state index in [2.05, 4.69) is 25.3 Å². The summed E-state index contributed by atoms with van der Waals surface area (Å²) >= 11 is 12.2. The van der Waals surface area contributed by atoms with Crippen LogP contribution in [0.1, 0.15) is 27.8 Å². The van der Waals surface area contributed by atoms with Crippen molar-refractivity contribution < 1.29 is 46.2 Å². The highest BCUT2D eigenvalue weighted by Crippen LogP contribution is 2.30. The second kappa shape index (κ2) is 14.7. The highest BCUT2D eigenvalue weighted by Gasteiger charge is 2.38. The summed E-state index contributed by atoms with van der Waals surface area (Å²) in [5.41, 5.74) is 1.56. The molecule has 1 heterocycles. The Morgan fingerprint density at radius 1 is 1.00 bits per heavy atom. The van der Waals surface area contributed by atoms with Gasteiger partial charge in [-0.1, -0.05) is 65.7 Å². The van der Waals surface area contributed by atoms with Gasteiger partial charge >= 0.3 is 18.2 Å². The number of imidazole rings is 1. The number of carboxylic acid groups (broad SMARTS) is 1. The molecule has 16 heteroatoms. The predicted molar refractivity (Wildman–Crippen MR) is 150 cm³/mol. The first-order chi connectivity index (χ1) is 20.7. The average Bonchev–Trinajstić information content (AvgIpc) is 3.37. The molecule has 0 aliphatic heterocycles. The topological polar surface area (TPSA) is 133 Å². The Hall–Kier alpha value is -4.69. The van der Waals surface area contributed by atoms with Crippen molar-refractivity contribution >= 4 is 46.9 Å². The van der Waals surface area contributed by atoms with Gasteiger partial charge in [0, 0.05) is 11.3 Å². The van der Waals surface area contributed by atoms with E-state index in [1.165, 1.54) is 7.11 Å². The zero-order valence-electron chi connectivity index (χ0n) is 22.3. The highest BCUT2D eigenvalue weighted by molar-refractivity contribution is 6.32. The number of carbonyl (C=O) groups excluding carboxylic acids is 2. The molecule has 0 spiro atoms. The van der Waals surface area contributed by atoms with E-state index >= 15 is 0 Å². The third-order valence-electron chi connectivity index (χ3n) is 5.70. The SMILES string of the molecule is COC(=O)Nc1ccc(-c2nc([C@H](Cc3ccccc3)NC(=O)c3c(F)ccc(Cl)c3F)[nH]c2Cl)cc1.O=C(O)C(F)(F)F. The van der Waals surface area contributed by atoms with Gasteiger partial charge in [-0.3, -0.25) is 10.1 Å². The number of aromatic nitrogens is 2. The first-order valence-electron chi connectivity index (χ1n) is 12.2. The third-order valence-corrected chi connectivity index (χ3v) is 6.27. The third kappa shape index (κ3) is 8.91. The van der Waals surface area contributed by atoms with E-state index < -0.39 is 47.4 Å². The number of nitrogens with one attached hydrogen (secondary N) is 3. The fourth-order valence-electron chi connectivity index (χ4n) is 3.64. The lowest BCUT2D eigenvalue weighted by Crippen LogP contribution is -2.32. The van der Waals surface area contributed by atoms with E-state index in [0.29, 0.717) is 16.9 Å². The number of rotatable bonds is 7. The minimum atomic E-state index is -5.08. The summed E-state index contributed by atoms with van der Waals surface area (Å²) in [5, 5.41) is 12.1. The number of aromatic amines is 1. The van der Waals surface area contributed by atoms with Crippen LogP contribution in [0, 0.1) is 11.6 Å². The maximum atomic E-state index is 14.5. The van der Waals surface area contributed by atoms with Gasteiger partial charge in [-0.05, 0) is 36.2 Å². The molecule has 4 aromatic rings.